The molecule has 1 atom stereocenters. The van der Waals surface area contributed by atoms with Crippen LogP contribution in [0.5, 0.6) is 0 Å². The van der Waals surface area contributed by atoms with E-state index in [9.17, 15) is 9.59 Å². The lowest BCUT2D eigenvalue weighted by atomic mass is 9.99. The number of carbonyl (C=O) groups is 2. The van der Waals surface area contributed by atoms with Crippen molar-refractivity contribution in [2.24, 2.45) is 0 Å². The third-order valence-corrected chi connectivity index (χ3v) is 5.28. The number of hydrogen-bond donors (Lipinski definition) is 1. The summed E-state index contributed by atoms with van der Waals surface area (Å²) in [6.45, 7) is 0. The molecule has 7 nitrogen and oxygen atoms in total. The fourth-order valence-electron chi connectivity index (χ4n) is 3.13. The average Bonchev–Trinajstić information content (AvgIpc) is 3.27. The van der Waals surface area contributed by atoms with Crippen molar-refractivity contribution in [1.29, 1.82) is 0 Å². The smallest absolute Gasteiger partial charge is 0.328 e. The van der Waals surface area contributed by atoms with Crippen LogP contribution in [-0.2, 0) is 9.53 Å². The third-order valence-electron chi connectivity index (χ3n) is 4.64. The summed E-state index contributed by atoms with van der Waals surface area (Å²) in [5, 5.41) is 11.0. The van der Waals surface area contributed by atoms with E-state index in [1.54, 1.807) is 22.6 Å². The van der Waals surface area contributed by atoms with Gasteiger partial charge in [-0.05, 0) is 29.6 Å². The van der Waals surface area contributed by atoms with Crippen LogP contribution in [0.3, 0.4) is 0 Å². The molecular weight excluding hydrogens is 400 g/mol. The van der Waals surface area contributed by atoms with Crippen molar-refractivity contribution in [1.82, 2.24) is 20.3 Å². The van der Waals surface area contributed by atoms with Gasteiger partial charge in [-0.15, -0.1) is 5.10 Å². The predicted octanol–water partition coefficient (Wildman–Crippen LogP) is 2.94. The first-order valence-electron chi connectivity index (χ1n) is 9.53. The van der Waals surface area contributed by atoms with Crippen molar-refractivity contribution in [2.75, 3.05) is 19.1 Å². The third kappa shape index (κ3) is 5.27. The number of nitrogens with one attached hydrogen (secondary N) is 1. The Hall–Kier alpha value is -3.13. The molecule has 0 radical (unpaired) electrons. The second-order valence-electron chi connectivity index (χ2n) is 6.64. The number of thioether (sulfide) groups is 1. The van der Waals surface area contributed by atoms with Crippen molar-refractivity contribution < 1.29 is 14.3 Å². The van der Waals surface area contributed by atoms with Gasteiger partial charge in [0.1, 0.15) is 12.1 Å². The Bertz CT molecular complexity index is 923. The van der Waals surface area contributed by atoms with Gasteiger partial charge in [0.05, 0.1) is 13.3 Å². The van der Waals surface area contributed by atoms with Gasteiger partial charge in [0.2, 0.25) is 0 Å². The summed E-state index contributed by atoms with van der Waals surface area (Å²) in [7, 11) is 1.31. The van der Waals surface area contributed by atoms with E-state index in [2.05, 4.69) is 15.6 Å². The van der Waals surface area contributed by atoms with Crippen LogP contribution in [0.2, 0.25) is 0 Å². The van der Waals surface area contributed by atoms with Crippen LogP contribution < -0.4 is 5.32 Å². The quantitative estimate of drug-likeness (QED) is 0.532. The molecule has 3 aromatic rings. The van der Waals surface area contributed by atoms with E-state index >= 15 is 0 Å². The molecule has 1 heterocycles. The van der Waals surface area contributed by atoms with Gasteiger partial charge in [-0.2, -0.15) is 11.8 Å². The molecule has 1 unspecified atom stereocenters. The molecule has 1 N–H and O–H groups in total. The molecule has 3 rings (SSSR count). The maximum Gasteiger partial charge on any atom is 0.328 e. The fraction of sp³-hybridized carbons (Fsp3) is 0.273. The summed E-state index contributed by atoms with van der Waals surface area (Å²) < 4.78 is 6.46. The highest BCUT2D eigenvalue weighted by Crippen LogP contribution is 2.25. The number of ether oxygens (including phenoxy) is 1. The molecule has 8 heteroatoms. The van der Waals surface area contributed by atoms with Gasteiger partial charge >= 0.3 is 5.97 Å². The van der Waals surface area contributed by atoms with Crippen LogP contribution in [0.15, 0.2) is 66.9 Å². The van der Waals surface area contributed by atoms with E-state index in [-0.39, 0.29) is 11.7 Å². The lowest BCUT2D eigenvalue weighted by molar-refractivity contribution is -0.142. The number of aromatic nitrogens is 3. The molecule has 0 aliphatic carbocycles. The second kappa shape index (κ2) is 10.6. The number of carbonyl (C=O) groups excluding carboxylic acids is 2. The van der Waals surface area contributed by atoms with Crippen LogP contribution in [0.25, 0.3) is 0 Å². The normalized spacial score (nSPS) is 11.8. The highest BCUT2D eigenvalue weighted by Gasteiger charge is 2.24. The molecule has 0 fully saturated rings. The highest BCUT2D eigenvalue weighted by molar-refractivity contribution is 7.98. The van der Waals surface area contributed by atoms with Gasteiger partial charge in [-0.1, -0.05) is 65.9 Å². The first kappa shape index (κ1) is 21.6. The first-order valence-corrected chi connectivity index (χ1v) is 10.9. The van der Waals surface area contributed by atoms with E-state index in [0.29, 0.717) is 6.42 Å². The monoisotopic (exact) mass is 424 g/mol. The van der Waals surface area contributed by atoms with Crippen molar-refractivity contribution in [3.05, 3.63) is 83.7 Å². The van der Waals surface area contributed by atoms with E-state index in [1.807, 2.05) is 66.9 Å². The van der Waals surface area contributed by atoms with Gasteiger partial charge in [-0.25, -0.2) is 9.48 Å². The topological polar surface area (TPSA) is 86.1 Å². The van der Waals surface area contributed by atoms with Crippen LogP contribution in [0.1, 0.15) is 34.1 Å². The van der Waals surface area contributed by atoms with Crippen molar-refractivity contribution in [3.8, 4) is 0 Å². The van der Waals surface area contributed by atoms with E-state index < -0.39 is 17.9 Å². The van der Waals surface area contributed by atoms with Gasteiger partial charge in [0, 0.05) is 0 Å². The molecule has 0 aliphatic rings. The molecule has 156 valence electrons. The second-order valence-corrected chi connectivity index (χ2v) is 7.62. The summed E-state index contributed by atoms with van der Waals surface area (Å²) in [4.78, 5) is 24.7. The number of esters is 1. The summed E-state index contributed by atoms with van der Waals surface area (Å²) >= 11 is 1.59. The Balaban J connectivity index is 1.85. The van der Waals surface area contributed by atoms with E-state index in [1.165, 1.54) is 7.11 Å². The van der Waals surface area contributed by atoms with Crippen LogP contribution >= 0.6 is 11.8 Å². The zero-order valence-corrected chi connectivity index (χ0v) is 17.7. The highest BCUT2D eigenvalue weighted by atomic mass is 32.2. The number of hydrogen-bond acceptors (Lipinski definition) is 6. The molecule has 1 amide bonds. The van der Waals surface area contributed by atoms with Crippen LogP contribution in [0, 0.1) is 0 Å². The molecule has 0 saturated heterocycles. The minimum absolute atomic E-state index is 0.143. The van der Waals surface area contributed by atoms with Crippen molar-refractivity contribution in [2.45, 2.75) is 18.5 Å². The predicted molar refractivity (Wildman–Crippen MR) is 116 cm³/mol. The van der Waals surface area contributed by atoms with E-state index in [0.717, 1.165) is 16.9 Å². The van der Waals surface area contributed by atoms with Gasteiger partial charge in [0.25, 0.3) is 5.91 Å². The molecule has 0 aliphatic heterocycles. The van der Waals surface area contributed by atoms with Gasteiger partial charge in [-0.3, -0.25) is 4.79 Å². The Morgan fingerprint density at radius 1 is 1.07 bits per heavy atom. The maximum atomic E-state index is 12.7. The molecule has 0 bridgehead atoms. The number of rotatable bonds is 9. The molecule has 0 spiro atoms. The lowest BCUT2D eigenvalue weighted by Crippen LogP contribution is -2.42. The molecule has 30 heavy (non-hydrogen) atoms. The maximum absolute atomic E-state index is 12.7. The number of nitrogens with zero attached hydrogens (tertiary/aromatic N) is 3. The van der Waals surface area contributed by atoms with Gasteiger partial charge < -0.3 is 10.1 Å². The number of amides is 1. The number of methoxy groups -OCH3 is 1. The minimum Gasteiger partial charge on any atom is -0.467 e. The molecular formula is C22H24N4O3S. The zero-order chi connectivity index (χ0) is 21.3. The Labute approximate surface area is 179 Å². The zero-order valence-electron chi connectivity index (χ0n) is 16.9. The SMILES string of the molecule is COC(=O)C(CCSC)NC(=O)c1cn(C(c2ccccc2)c2ccccc2)nn1. The van der Waals surface area contributed by atoms with Crippen LogP contribution in [-0.4, -0.2) is 52.0 Å². The fourth-order valence-corrected chi connectivity index (χ4v) is 3.61. The summed E-state index contributed by atoms with van der Waals surface area (Å²) in [6, 6.07) is 18.8. The molecule has 1 aromatic heterocycles. The average molecular weight is 425 g/mol. The molecule has 2 aromatic carbocycles. The van der Waals surface area contributed by atoms with Crippen LogP contribution in [0.4, 0.5) is 0 Å². The lowest BCUT2D eigenvalue weighted by Gasteiger charge is -2.18. The Kier molecular flexibility index (Phi) is 7.62. The van der Waals surface area contributed by atoms with Crippen molar-refractivity contribution >= 4 is 23.6 Å². The largest absolute Gasteiger partial charge is 0.467 e. The summed E-state index contributed by atoms with van der Waals surface area (Å²) in [5.74, 6) is -0.217. The first-order chi connectivity index (χ1) is 14.6. The Morgan fingerprint density at radius 3 is 2.20 bits per heavy atom. The van der Waals surface area contributed by atoms with Crippen molar-refractivity contribution in [3.63, 3.8) is 0 Å². The molecule has 0 saturated carbocycles. The Morgan fingerprint density at radius 2 is 1.67 bits per heavy atom. The van der Waals surface area contributed by atoms with E-state index in [4.69, 9.17) is 4.74 Å². The van der Waals surface area contributed by atoms with Gasteiger partial charge in [0.15, 0.2) is 5.69 Å². The number of benzene rings is 2. The summed E-state index contributed by atoms with van der Waals surface area (Å²) in [6.07, 6.45) is 4.02. The standard InChI is InChI=1S/C22H24N4O3S/c1-29-22(28)18(13-14-30-2)23-21(27)19-15-26(25-24-19)20(16-9-5-3-6-10-16)17-11-7-4-8-12-17/h3-12,15,18,20H,13-14H2,1-2H3,(H,23,27). The minimum atomic E-state index is -0.723. The summed E-state index contributed by atoms with van der Waals surface area (Å²) in [5.41, 5.74) is 2.19.